The topological polar surface area (TPSA) is 18.5 Å². The molecule has 0 atom stereocenters. The molecule has 0 spiro atoms. The lowest BCUT2D eigenvalue weighted by Crippen LogP contribution is -2.04. The van der Waals surface area contributed by atoms with Crippen molar-refractivity contribution in [1.82, 2.24) is 0 Å². The summed E-state index contributed by atoms with van der Waals surface area (Å²) in [5, 5.41) is 0.491. The molecule has 2 rings (SSSR count). The SMILES string of the molecule is Cc1cc(F)c(C2OCCO2)c(Br)c1Cl. The number of benzene rings is 1. The average Bonchev–Trinajstić information content (AvgIpc) is 2.68. The van der Waals surface area contributed by atoms with Crippen LogP contribution in [0.3, 0.4) is 0 Å². The van der Waals surface area contributed by atoms with Crippen molar-refractivity contribution in [2.24, 2.45) is 0 Å². The highest BCUT2D eigenvalue weighted by atomic mass is 79.9. The number of rotatable bonds is 1. The van der Waals surface area contributed by atoms with Crippen LogP contribution in [0.25, 0.3) is 0 Å². The number of hydrogen-bond acceptors (Lipinski definition) is 2. The molecular formula is C10H9BrClFO2. The fourth-order valence-electron chi connectivity index (χ4n) is 1.47. The predicted octanol–water partition coefficient (Wildman–Crippen LogP) is 3.60. The third-order valence-corrected chi connectivity index (χ3v) is 3.77. The van der Waals surface area contributed by atoms with Gasteiger partial charge in [0.2, 0.25) is 0 Å². The lowest BCUT2D eigenvalue weighted by molar-refractivity contribution is -0.0470. The molecule has 15 heavy (non-hydrogen) atoms. The van der Waals surface area contributed by atoms with Gasteiger partial charge in [-0.25, -0.2) is 4.39 Å². The lowest BCUT2D eigenvalue weighted by Gasteiger charge is -2.14. The van der Waals surface area contributed by atoms with Crippen molar-refractivity contribution in [2.75, 3.05) is 13.2 Å². The predicted molar refractivity (Wildman–Crippen MR) is 58.5 cm³/mol. The minimum atomic E-state index is -0.655. The van der Waals surface area contributed by atoms with Crippen LogP contribution >= 0.6 is 27.5 Å². The second kappa shape index (κ2) is 4.37. The van der Waals surface area contributed by atoms with Gasteiger partial charge < -0.3 is 9.47 Å². The zero-order chi connectivity index (χ0) is 11.0. The standard InChI is InChI=1S/C10H9BrClFO2/c1-5-4-6(13)7(8(11)9(5)12)10-14-2-3-15-10/h4,10H,2-3H2,1H3. The van der Waals surface area contributed by atoms with E-state index in [0.717, 1.165) is 0 Å². The molecule has 0 amide bonds. The molecule has 1 aliphatic rings. The summed E-state index contributed by atoms with van der Waals surface area (Å²) in [7, 11) is 0. The van der Waals surface area contributed by atoms with Gasteiger partial charge in [-0.2, -0.15) is 0 Å². The Morgan fingerprint density at radius 2 is 2.07 bits per heavy atom. The van der Waals surface area contributed by atoms with Gasteiger partial charge in [0.1, 0.15) is 5.82 Å². The second-order valence-corrected chi connectivity index (χ2v) is 4.46. The van der Waals surface area contributed by atoms with Crippen LogP contribution in [0.1, 0.15) is 17.4 Å². The Hall–Kier alpha value is -0.160. The smallest absolute Gasteiger partial charge is 0.187 e. The summed E-state index contributed by atoms with van der Waals surface area (Å²) in [5.74, 6) is -0.365. The summed E-state index contributed by atoms with van der Waals surface area (Å²) in [6.07, 6.45) is -0.655. The molecule has 0 aromatic heterocycles. The quantitative estimate of drug-likeness (QED) is 0.737. The summed E-state index contributed by atoms with van der Waals surface area (Å²) in [6, 6.07) is 1.38. The van der Waals surface area contributed by atoms with Gasteiger partial charge in [-0.15, -0.1) is 0 Å². The fraction of sp³-hybridized carbons (Fsp3) is 0.400. The van der Waals surface area contributed by atoms with E-state index < -0.39 is 6.29 Å². The van der Waals surface area contributed by atoms with Gasteiger partial charge in [0.15, 0.2) is 6.29 Å². The van der Waals surface area contributed by atoms with Crippen molar-refractivity contribution < 1.29 is 13.9 Å². The first-order chi connectivity index (χ1) is 7.11. The number of hydrogen-bond donors (Lipinski definition) is 0. The first-order valence-corrected chi connectivity index (χ1v) is 5.65. The highest BCUT2D eigenvalue weighted by Gasteiger charge is 2.26. The maximum atomic E-state index is 13.7. The van der Waals surface area contributed by atoms with E-state index in [-0.39, 0.29) is 5.82 Å². The molecule has 5 heteroatoms. The van der Waals surface area contributed by atoms with Crippen LogP contribution in [0.2, 0.25) is 5.02 Å². The van der Waals surface area contributed by atoms with Gasteiger partial charge >= 0.3 is 0 Å². The van der Waals surface area contributed by atoms with Gasteiger partial charge in [0.25, 0.3) is 0 Å². The Labute approximate surface area is 100 Å². The molecule has 0 saturated carbocycles. The Bertz CT molecular complexity index is 391. The third-order valence-electron chi connectivity index (χ3n) is 2.23. The normalized spacial score (nSPS) is 17.3. The van der Waals surface area contributed by atoms with Gasteiger partial charge in [-0.1, -0.05) is 11.6 Å². The molecule has 0 aliphatic carbocycles. The maximum absolute atomic E-state index is 13.7. The molecule has 1 aromatic rings. The van der Waals surface area contributed by atoms with E-state index in [1.807, 2.05) is 0 Å². The van der Waals surface area contributed by atoms with Crippen molar-refractivity contribution in [1.29, 1.82) is 0 Å². The molecule has 0 radical (unpaired) electrons. The van der Waals surface area contributed by atoms with E-state index in [1.54, 1.807) is 6.92 Å². The largest absolute Gasteiger partial charge is 0.346 e. The highest BCUT2D eigenvalue weighted by molar-refractivity contribution is 9.10. The second-order valence-electron chi connectivity index (χ2n) is 3.29. The molecule has 1 fully saturated rings. The van der Waals surface area contributed by atoms with E-state index in [4.69, 9.17) is 21.1 Å². The lowest BCUT2D eigenvalue weighted by atomic mass is 10.1. The van der Waals surface area contributed by atoms with Gasteiger partial charge in [-0.05, 0) is 34.5 Å². The highest BCUT2D eigenvalue weighted by Crippen LogP contribution is 2.38. The molecule has 0 bridgehead atoms. The summed E-state index contributed by atoms with van der Waals surface area (Å²) in [5.41, 5.74) is 1.02. The van der Waals surface area contributed by atoms with Crippen molar-refractivity contribution in [2.45, 2.75) is 13.2 Å². The van der Waals surface area contributed by atoms with Crippen molar-refractivity contribution in [3.63, 3.8) is 0 Å². The summed E-state index contributed by atoms with van der Waals surface area (Å²) < 4.78 is 24.7. The summed E-state index contributed by atoms with van der Waals surface area (Å²) in [4.78, 5) is 0. The molecule has 1 saturated heterocycles. The van der Waals surface area contributed by atoms with Crippen LogP contribution in [-0.4, -0.2) is 13.2 Å². The Kier molecular flexibility index (Phi) is 3.30. The van der Waals surface area contributed by atoms with Crippen LogP contribution in [0.15, 0.2) is 10.5 Å². The van der Waals surface area contributed by atoms with Crippen LogP contribution in [0.5, 0.6) is 0 Å². The first kappa shape index (κ1) is 11.3. The Balaban J connectivity index is 2.50. The molecule has 2 nitrogen and oxygen atoms in total. The monoisotopic (exact) mass is 294 g/mol. The van der Waals surface area contributed by atoms with E-state index in [9.17, 15) is 4.39 Å². The van der Waals surface area contributed by atoms with E-state index in [1.165, 1.54) is 6.07 Å². The maximum Gasteiger partial charge on any atom is 0.187 e. The van der Waals surface area contributed by atoms with Gasteiger partial charge in [0.05, 0.1) is 23.8 Å². The number of aryl methyl sites for hydroxylation is 1. The third kappa shape index (κ3) is 2.04. The van der Waals surface area contributed by atoms with Crippen LogP contribution in [0.4, 0.5) is 4.39 Å². The number of halogens is 3. The minimum absolute atomic E-state index is 0.336. The van der Waals surface area contributed by atoms with Crippen LogP contribution < -0.4 is 0 Å². The molecule has 82 valence electrons. The van der Waals surface area contributed by atoms with Crippen LogP contribution in [-0.2, 0) is 9.47 Å². The Morgan fingerprint density at radius 3 is 2.67 bits per heavy atom. The summed E-state index contributed by atoms with van der Waals surface area (Å²) >= 11 is 9.27. The van der Waals surface area contributed by atoms with Crippen molar-refractivity contribution in [3.8, 4) is 0 Å². The average molecular weight is 296 g/mol. The molecule has 0 unspecified atom stereocenters. The molecule has 1 heterocycles. The Morgan fingerprint density at radius 1 is 1.47 bits per heavy atom. The van der Waals surface area contributed by atoms with E-state index in [2.05, 4.69) is 15.9 Å². The zero-order valence-electron chi connectivity index (χ0n) is 8.02. The zero-order valence-corrected chi connectivity index (χ0v) is 10.4. The van der Waals surface area contributed by atoms with Crippen molar-refractivity contribution >= 4 is 27.5 Å². The number of ether oxygens (including phenoxy) is 2. The fourth-order valence-corrected chi connectivity index (χ4v) is 2.31. The molecule has 1 aliphatic heterocycles. The van der Waals surface area contributed by atoms with Crippen molar-refractivity contribution in [3.05, 3.63) is 32.5 Å². The molecule has 1 aromatic carbocycles. The molecule has 0 N–H and O–H groups in total. The summed E-state index contributed by atoms with van der Waals surface area (Å²) in [6.45, 7) is 2.69. The first-order valence-electron chi connectivity index (χ1n) is 4.48. The minimum Gasteiger partial charge on any atom is -0.346 e. The van der Waals surface area contributed by atoms with E-state index >= 15 is 0 Å². The van der Waals surface area contributed by atoms with E-state index in [0.29, 0.717) is 33.8 Å². The van der Waals surface area contributed by atoms with Crippen LogP contribution in [0, 0.1) is 12.7 Å². The van der Waals surface area contributed by atoms with Gasteiger partial charge in [-0.3, -0.25) is 0 Å². The molecular weight excluding hydrogens is 286 g/mol. The van der Waals surface area contributed by atoms with Gasteiger partial charge in [0, 0.05) is 4.47 Å².